The van der Waals surface area contributed by atoms with Gasteiger partial charge in [0.1, 0.15) is 11.4 Å². The zero-order valence-electron chi connectivity index (χ0n) is 19.6. The lowest BCUT2D eigenvalue weighted by molar-refractivity contribution is -0.123. The zero-order valence-corrected chi connectivity index (χ0v) is 20.4. The molecule has 0 bridgehead atoms. The molecule has 0 aliphatic carbocycles. The van der Waals surface area contributed by atoms with E-state index in [1.54, 1.807) is 32.2 Å². The van der Waals surface area contributed by atoms with E-state index in [1.807, 2.05) is 0 Å². The summed E-state index contributed by atoms with van der Waals surface area (Å²) in [7, 11) is -5.55. The number of ether oxygens (including phenoxy) is 1. The van der Waals surface area contributed by atoms with Crippen LogP contribution in [0, 0.1) is 0 Å². The SMILES string of the molecule is CC1(C)C(=O)N(c2ccc(S(=O)(=O)C(F)(F)F)cc2)C(=O)N1Cc1ccnc(NC2CCOCC2)c1. The highest BCUT2D eigenvalue weighted by atomic mass is 32.2. The number of pyridine rings is 1. The van der Waals surface area contributed by atoms with Crippen LogP contribution in [0.2, 0.25) is 0 Å². The molecule has 3 heterocycles. The number of urea groups is 1. The van der Waals surface area contributed by atoms with Gasteiger partial charge in [0.25, 0.3) is 15.7 Å². The van der Waals surface area contributed by atoms with Crippen molar-refractivity contribution in [2.45, 2.75) is 55.2 Å². The van der Waals surface area contributed by atoms with E-state index in [1.165, 1.54) is 4.90 Å². The molecule has 36 heavy (non-hydrogen) atoms. The second kappa shape index (κ2) is 9.36. The molecule has 1 N–H and O–H groups in total. The number of imide groups is 1. The molecule has 2 fully saturated rings. The lowest BCUT2D eigenvalue weighted by Crippen LogP contribution is -2.43. The molecule has 1 aromatic heterocycles. The third-order valence-corrected chi connectivity index (χ3v) is 7.77. The normalized spacial score (nSPS) is 19.1. The summed E-state index contributed by atoms with van der Waals surface area (Å²) >= 11 is 0. The van der Waals surface area contributed by atoms with E-state index in [9.17, 15) is 31.2 Å². The van der Waals surface area contributed by atoms with E-state index in [4.69, 9.17) is 4.74 Å². The fraction of sp³-hybridized carbons (Fsp3) is 0.435. The van der Waals surface area contributed by atoms with E-state index in [2.05, 4.69) is 10.3 Å². The van der Waals surface area contributed by atoms with E-state index in [-0.39, 0.29) is 18.3 Å². The summed E-state index contributed by atoms with van der Waals surface area (Å²) in [5, 5.41) is 3.35. The molecule has 0 unspecified atom stereocenters. The van der Waals surface area contributed by atoms with Crippen LogP contribution in [-0.2, 0) is 25.9 Å². The van der Waals surface area contributed by atoms with Crippen LogP contribution in [-0.4, -0.2) is 60.5 Å². The molecule has 2 saturated heterocycles. The van der Waals surface area contributed by atoms with Gasteiger partial charge in [0.15, 0.2) is 0 Å². The largest absolute Gasteiger partial charge is 0.501 e. The van der Waals surface area contributed by atoms with Gasteiger partial charge in [-0.15, -0.1) is 0 Å². The Labute approximate surface area is 206 Å². The second-order valence-corrected chi connectivity index (χ2v) is 11.0. The smallest absolute Gasteiger partial charge is 0.381 e. The maximum absolute atomic E-state index is 13.3. The number of carbonyl (C=O) groups is 2. The van der Waals surface area contributed by atoms with E-state index < -0.39 is 37.7 Å². The van der Waals surface area contributed by atoms with E-state index >= 15 is 0 Å². The Kier molecular flexibility index (Phi) is 6.73. The number of nitrogens with one attached hydrogen (secondary N) is 1. The van der Waals surface area contributed by atoms with Crippen molar-refractivity contribution >= 4 is 33.3 Å². The molecule has 2 aromatic rings. The highest BCUT2D eigenvalue weighted by Crippen LogP contribution is 2.35. The molecule has 0 radical (unpaired) electrons. The van der Waals surface area contributed by atoms with Gasteiger partial charge in [0.05, 0.1) is 10.6 Å². The van der Waals surface area contributed by atoms with Gasteiger partial charge < -0.3 is 15.0 Å². The predicted molar refractivity (Wildman–Crippen MR) is 124 cm³/mol. The first-order valence-corrected chi connectivity index (χ1v) is 12.7. The molecule has 0 saturated carbocycles. The lowest BCUT2D eigenvalue weighted by atomic mass is 10.0. The number of sulfone groups is 1. The van der Waals surface area contributed by atoms with Crippen LogP contribution in [0.25, 0.3) is 0 Å². The molecule has 4 rings (SSSR count). The average molecular weight is 527 g/mol. The van der Waals surface area contributed by atoms with Gasteiger partial charge in [-0.3, -0.25) is 4.79 Å². The van der Waals surface area contributed by atoms with Crippen LogP contribution in [0.5, 0.6) is 0 Å². The van der Waals surface area contributed by atoms with Crippen molar-refractivity contribution in [2.75, 3.05) is 23.4 Å². The molecule has 194 valence electrons. The maximum Gasteiger partial charge on any atom is 0.501 e. The molecule has 0 spiro atoms. The number of aromatic nitrogens is 1. The van der Waals surface area contributed by atoms with Crippen molar-refractivity contribution in [1.29, 1.82) is 0 Å². The van der Waals surface area contributed by atoms with Gasteiger partial charge in [0, 0.05) is 32.0 Å². The highest BCUT2D eigenvalue weighted by molar-refractivity contribution is 7.92. The Morgan fingerprint density at radius 1 is 1.11 bits per heavy atom. The maximum atomic E-state index is 13.3. The van der Waals surface area contributed by atoms with Crippen molar-refractivity contribution in [3.05, 3.63) is 48.2 Å². The molecule has 1 aromatic carbocycles. The summed E-state index contributed by atoms with van der Waals surface area (Å²) in [6, 6.07) is 6.54. The van der Waals surface area contributed by atoms with Gasteiger partial charge in [-0.1, -0.05) is 0 Å². The third kappa shape index (κ3) is 4.76. The topological polar surface area (TPSA) is 109 Å². The van der Waals surface area contributed by atoms with Crippen LogP contribution in [0.4, 0.5) is 29.5 Å². The number of anilines is 2. The minimum Gasteiger partial charge on any atom is -0.381 e. The monoisotopic (exact) mass is 526 g/mol. The van der Waals surface area contributed by atoms with Crippen LogP contribution in [0.1, 0.15) is 32.3 Å². The fourth-order valence-electron chi connectivity index (χ4n) is 4.12. The van der Waals surface area contributed by atoms with Crippen molar-refractivity contribution in [3.8, 4) is 0 Å². The predicted octanol–water partition coefficient (Wildman–Crippen LogP) is 3.71. The van der Waals surface area contributed by atoms with Gasteiger partial charge in [-0.05, 0) is 68.7 Å². The van der Waals surface area contributed by atoms with Crippen molar-refractivity contribution in [2.24, 2.45) is 0 Å². The minimum absolute atomic E-state index is 0.0294. The summed E-state index contributed by atoms with van der Waals surface area (Å²) in [5.41, 5.74) is -6.03. The summed E-state index contributed by atoms with van der Waals surface area (Å²) in [4.78, 5) is 31.9. The molecule has 2 aliphatic heterocycles. The Hall–Kier alpha value is -3.19. The number of hydrogen-bond donors (Lipinski definition) is 1. The summed E-state index contributed by atoms with van der Waals surface area (Å²) in [6.07, 6.45) is 3.29. The Morgan fingerprint density at radius 2 is 1.75 bits per heavy atom. The van der Waals surface area contributed by atoms with Gasteiger partial charge in [0.2, 0.25) is 0 Å². The number of benzene rings is 1. The van der Waals surface area contributed by atoms with Gasteiger partial charge in [-0.2, -0.15) is 13.2 Å². The first-order chi connectivity index (χ1) is 16.8. The zero-order chi connectivity index (χ0) is 26.3. The quantitative estimate of drug-likeness (QED) is 0.572. The Bertz CT molecular complexity index is 1260. The second-order valence-electron chi connectivity index (χ2n) is 9.09. The molecular formula is C23H25F3N4O5S. The van der Waals surface area contributed by atoms with E-state index in [0.29, 0.717) is 19.0 Å². The number of alkyl halides is 3. The van der Waals surface area contributed by atoms with Crippen LogP contribution < -0.4 is 10.2 Å². The Morgan fingerprint density at radius 3 is 2.36 bits per heavy atom. The van der Waals surface area contributed by atoms with Crippen molar-refractivity contribution in [1.82, 2.24) is 9.88 Å². The fourth-order valence-corrected chi connectivity index (χ4v) is 4.88. The number of hydrogen-bond acceptors (Lipinski definition) is 7. The van der Waals surface area contributed by atoms with Crippen LogP contribution in [0.3, 0.4) is 0 Å². The number of amides is 3. The van der Waals surface area contributed by atoms with Gasteiger partial charge in [-0.25, -0.2) is 23.1 Å². The molecule has 13 heteroatoms. The average Bonchev–Trinajstić information content (AvgIpc) is 2.98. The van der Waals surface area contributed by atoms with Crippen molar-refractivity contribution < 1.29 is 35.9 Å². The molecule has 3 amide bonds. The highest BCUT2D eigenvalue weighted by Gasteiger charge is 2.52. The van der Waals surface area contributed by atoms with E-state index in [0.717, 1.165) is 47.6 Å². The summed E-state index contributed by atoms with van der Waals surface area (Å²) in [6.45, 7) is 4.54. The van der Waals surface area contributed by atoms with Crippen LogP contribution >= 0.6 is 0 Å². The van der Waals surface area contributed by atoms with Gasteiger partial charge >= 0.3 is 11.5 Å². The van der Waals surface area contributed by atoms with Crippen molar-refractivity contribution in [3.63, 3.8) is 0 Å². The molecule has 2 aliphatic rings. The molecule has 0 atom stereocenters. The third-order valence-electron chi connectivity index (χ3n) is 6.27. The summed E-state index contributed by atoms with van der Waals surface area (Å²) in [5.74, 6) is 0.0436. The number of carbonyl (C=O) groups excluding carboxylic acids is 2. The number of halogens is 3. The van der Waals surface area contributed by atoms with Crippen LogP contribution in [0.15, 0.2) is 47.5 Å². The molecule has 9 nitrogen and oxygen atoms in total. The number of rotatable bonds is 6. The Balaban J connectivity index is 1.54. The summed E-state index contributed by atoms with van der Waals surface area (Å²) < 4.78 is 67.1. The minimum atomic E-state index is -5.55. The molecular weight excluding hydrogens is 501 g/mol. The first-order valence-electron chi connectivity index (χ1n) is 11.2. The lowest BCUT2D eigenvalue weighted by Gasteiger charge is -2.28. The first kappa shape index (κ1) is 25.9. The standard InChI is InChI=1S/C23H25F3N4O5S/c1-22(2)20(31)30(17-3-5-18(6-4-17)36(33,34)23(24,25)26)21(32)29(22)14-15-7-10-27-19(13-15)28-16-8-11-35-12-9-16/h3-7,10,13,16H,8-9,11-12,14H2,1-2H3,(H,27,28). The number of nitrogens with zero attached hydrogens (tertiary/aromatic N) is 3.